The first kappa shape index (κ1) is 23.5. The second-order valence-corrected chi connectivity index (χ2v) is 10.6. The van der Waals surface area contributed by atoms with Gasteiger partial charge in [0.25, 0.3) is 15.7 Å². The molecule has 0 aliphatic heterocycles. The third-order valence-electron chi connectivity index (χ3n) is 4.82. The van der Waals surface area contributed by atoms with Crippen molar-refractivity contribution in [2.75, 3.05) is 26.0 Å². The first-order valence-corrected chi connectivity index (χ1v) is 11.8. The van der Waals surface area contributed by atoms with Crippen LogP contribution in [0.2, 0.25) is 0 Å². The monoisotopic (exact) mass is 474 g/mol. The summed E-state index contributed by atoms with van der Waals surface area (Å²) in [6, 6.07) is 13.5. The van der Waals surface area contributed by atoms with Crippen molar-refractivity contribution in [1.29, 1.82) is 0 Å². The van der Waals surface area contributed by atoms with Crippen LogP contribution < -0.4 is 4.90 Å². The Morgan fingerprint density at radius 1 is 1.09 bits per heavy atom. The van der Waals surface area contributed by atoms with Crippen LogP contribution >= 0.6 is 11.3 Å². The van der Waals surface area contributed by atoms with E-state index in [1.165, 1.54) is 31.1 Å². The smallest absolute Gasteiger partial charge is 0.270 e. The number of nitrogens with zero attached hydrogens (tertiary/aromatic N) is 4. The summed E-state index contributed by atoms with van der Waals surface area (Å²) in [7, 11) is 0.814. The maximum Gasteiger partial charge on any atom is 0.270 e. The van der Waals surface area contributed by atoms with Crippen molar-refractivity contribution in [1.82, 2.24) is 9.29 Å². The Hall–Kier alpha value is -3.15. The molecule has 3 rings (SSSR count). The molecule has 32 heavy (non-hydrogen) atoms. The zero-order chi connectivity index (χ0) is 23.6. The highest BCUT2D eigenvalue weighted by atomic mass is 32.2. The lowest BCUT2D eigenvalue weighted by atomic mass is 10.0. The molecular formula is C21H22N4O5S2. The third kappa shape index (κ3) is 4.85. The number of nitro groups is 1. The van der Waals surface area contributed by atoms with Gasteiger partial charge >= 0.3 is 0 Å². The Balaban J connectivity index is 1.75. The number of aromatic nitrogens is 1. The maximum atomic E-state index is 12.7. The van der Waals surface area contributed by atoms with Crippen LogP contribution in [0.5, 0.6) is 0 Å². The number of carbonyl (C=O) groups excluding carboxylic acids is 1. The summed E-state index contributed by atoms with van der Waals surface area (Å²) in [6.07, 6.45) is 0.0973. The van der Waals surface area contributed by atoms with E-state index in [0.717, 1.165) is 26.8 Å². The Kier molecular flexibility index (Phi) is 6.72. The molecule has 0 saturated carbocycles. The van der Waals surface area contributed by atoms with Gasteiger partial charge in [0.1, 0.15) is 0 Å². The lowest BCUT2D eigenvalue weighted by Crippen LogP contribution is -2.27. The maximum absolute atomic E-state index is 12.7. The number of anilines is 1. The summed E-state index contributed by atoms with van der Waals surface area (Å²) >= 11 is 0.954. The molecule has 168 valence electrons. The highest BCUT2D eigenvalue weighted by molar-refractivity contribution is 7.91. The molecule has 11 heteroatoms. The first-order valence-electron chi connectivity index (χ1n) is 9.51. The van der Waals surface area contributed by atoms with Crippen molar-refractivity contribution in [2.24, 2.45) is 0 Å². The molecule has 0 bridgehead atoms. The standard InChI is InChI=1S/C21H22N4O5S2/c1-14-20(32(29,30)23(2)3)31-21(22-14)24(4)19(26)12-15-8-10-16(11-9-15)17-6-5-7-18(13-17)25(27)28/h5-11,13H,12H2,1-4H3. The van der Waals surface area contributed by atoms with E-state index >= 15 is 0 Å². The van der Waals surface area contributed by atoms with Gasteiger partial charge in [-0.3, -0.25) is 19.8 Å². The fourth-order valence-corrected chi connectivity index (χ4v) is 5.55. The minimum absolute atomic E-state index is 0.0118. The minimum atomic E-state index is -3.64. The topological polar surface area (TPSA) is 114 Å². The van der Waals surface area contributed by atoms with Gasteiger partial charge < -0.3 is 0 Å². The van der Waals surface area contributed by atoms with Crippen molar-refractivity contribution in [2.45, 2.75) is 17.6 Å². The number of hydrogen-bond acceptors (Lipinski definition) is 7. The number of rotatable bonds is 7. The number of aryl methyl sites for hydroxylation is 1. The van der Waals surface area contributed by atoms with E-state index in [0.29, 0.717) is 16.4 Å². The predicted octanol–water partition coefficient (Wildman–Crippen LogP) is 3.48. The molecular weight excluding hydrogens is 452 g/mol. The number of non-ortho nitro benzene ring substituents is 1. The van der Waals surface area contributed by atoms with Gasteiger partial charge in [-0.15, -0.1) is 0 Å². The second-order valence-electron chi connectivity index (χ2n) is 7.29. The van der Waals surface area contributed by atoms with Crippen molar-refractivity contribution in [3.8, 4) is 11.1 Å². The summed E-state index contributed by atoms with van der Waals surface area (Å²) in [4.78, 5) is 28.9. The fraction of sp³-hybridized carbons (Fsp3) is 0.238. The van der Waals surface area contributed by atoms with E-state index in [1.807, 2.05) is 0 Å². The fourth-order valence-electron chi connectivity index (χ4n) is 2.93. The molecule has 1 heterocycles. The summed E-state index contributed by atoms with van der Waals surface area (Å²) in [5.41, 5.74) is 2.62. The number of likely N-dealkylation sites (N-methyl/N-ethyl adjacent to an activating group) is 1. The molecule has 0 aliphatic rings. The summed E-state index contributed by atoms with van der Waals surface area (Å²) in [5, 5.41) is 11.3. The van der Waals surface area contributed by atoms with Crippen LogP contribution in [-0.2, 0) is 21.2 Å². The molecule has 1 amide bonds. The SMILES string of the molecule is Cc1nc(N(C)C(=O)Cc2ccc(-c3cccc([N+](=O)[O-])c3)cc2)sc1S(=O)(=O)N(C)C. The van der Waals surface area contributed by atoms with E-state index in [1.54, 1.807) is 50.4 Å². The summed E-state index contributed by atoms with van der Waals surface area (Å²) in [5.74, 6) is -0.240. The van der Waals surface area contributed by atoms with Gasteiger partial charge in [0.2, 0.25) is 5.91 Å². The van der Waals surface area contributed by atoms with Gasteiger partial charge in [-0.1, -0.05) is 47.7 Å². The number of hydrogen-bond donors (Lipinski definition) is 0. The predicted molar refractivity (Wildman–Crippen MR) is 123 cm³/mol. The van der Waals surface area contributed by atoms with Crippen molar-refractivity contribution < 1.29 is 18.1 Å². The largest absolute Gasteiger partial charge is 0.291 e. The van der Waals surface area contributed by atoms with Crippen LogP contribution in [0.1, 0.15) is 11.3 Å². The molecule has 1 aromatic heterocycles. The van der Waals surface area contributed by atoms with Crippen LogP contribution in [0.3, 0.4) is 0 Å². The Bertz CT molecular complexity index is 1270. The first-order chi connectivity index (χ1) is 15.0. The van der Waals surface area contributed by atoms with Crippen molar-refractivity contribution in [3.63, 3.8) is 0 Å². The van der Waals surface area contributed by atoms with Crippen LogP contribution in [0.4, 0.5) is 10.8 Å². The van der Waals surface area contributed by atoms with Crippen molar-refractivity contribution in [3.05, 3.63) is 69.9 Å². The highest BCUT2D eigenvalue weighted by Crippen LogP contribution is 2.31. The van der Waals surface area contributed by atoms with Gasteiger partial charge in [0, 0.05) is 33.3 Å². The van der Waals surface area contributed by atoms with Gasteiger partial charge in [-0.25, -0.2) is 17.7 Å². The number of benzene rings is 2. The minimum Gasteiger partial charge on any atom is -0.291 e. The molecule has 0 atom stereocenters. The molecule has 9 nitrogen and oxygen atoms in total. The Morgan fingerprint density at radius 2 is 1.75 bits per heavy atom. The Morgan fingerprint density at radius 3 is 2.34 bits per heavy atom. The zero-order valence-corrected chi connectivity index (χ0v) is 19.6. The number of nitro benzene ring substituents is 1. The van der Waals surface area contributed by atoms with Gasteiger partial charge in [-0.2, -0.15) is 0 Å². The second kappa shape index (κ2) is 9.15. The average Bonchev–Trinajstić information content (AvgIpc) is 3.16. The lowest BCUT2D eigenvalue weighted by Gasteiger charge is -2.14. The molecule has 2 aromatic carbocycles. The quantitative estimate of drug-likeness (QED) is 0.383. The van der Waals surface area contributed by atoms with E-state index in [9.17, 15) is 23.3 Å². The summed E-state index contributed by atoms with van der Waals surface area (Å²) < 4.78 is 26.0. The average molecular weight is 475 g/mol. The molecule has 0 unspecified atom stereocenters. The number of carbonyl (C=O) groups is 1. The number of sulfonamides is 1. The molecule has 0 N–H and O–H groups in total. The molecule has 0 aliphatic carbocycles. The van der Waals surface area contributed by atoms with Crippen LogP contribution in [0.25, 0.3) is 11.1 Å². The van der Waals surface area contributed by atoms with Gasteiger partial charge in [-0.05, 0) is 23.6 Å². The third-order valence-corrected chi connectivity index (χ3v) is 8.45. The van der Waals surface area contributed by atoms with E-state index in [4.69, 9.17) is 0 Å². The van der Waals surface area contributed by atoms with Crippen molar-refractivity contribution >= 4 is 38.1 Å². The number of amides is 1. The van der Waals surface area contributed by atoms with Crippen LogP contribution in [0.15, 0.2) is 52.7 Å². The molecule has 0 fully saturated rings. The molecule has 0 radical (unpaired) electrons. The molecule has 3 aromatic rings. The number of thiazole rings is 1. The van der Waals surface area contributed by atoms with E-state index < -0.39 is 14.9 Å². The lowest BCUT2D eigenvalue weighted by molar-refractivity contribution is -0.384. The van der Waals surface area contributed by atoms with E-state index in [-0.39, 0.29) is 22.2 Å². The Labute approximate surface area is 190 Å². The van der Waals surface area contributed by atoms with Crippen LogP contribution in [0, 0.1) is 17.0 Å². The highest BCUT2D eigenvalue weighted by Gasteiger charge is 2.26. The van der Waals surface area contributed by atoms with Crippen LogP contribution in [-0.4, -0.2) is 49.7 Å². The summed E-state index contributed by atoms with van der Waals surface area (Å²) in [6.45, 7) is 1.60. The molecule has 0 spiro atoms. The normalized spacial score (nSPS) is 11.5. The van der Waals surface area contributed by atoms with Gasteiger partial charge in [0.15, 0.2) is 9.34 Å². The van der Waals surface area contributed by atoms with Gasteiger partial charge in [0.05, 0.1) is 17.0 Å². The zero-order valence-electron chi connectivity index (χ0n) is 18.0. The van der Waals surface area contributed by atoms with E-state index in [2.05, 4.69) is 4.98 Å². The molecule has 0 saturated heterocycles.